The summed E-state index contributed by atoms with van der Waals surface area (Å²) in [5.74, 6) is -0.155. The highest BCUT2D eigenvalue weighted by Gasteiger charge is 2.15. The number of carbonyl (C=O) groups excluding carboxylic acids is 1. The zero-order chi connectivity index (χ0) is 12.3. The van der Waals surface area contributed by atoms with Gasteiger partial charge >= 0.3 is 0 Å². The molecule has 0 saturated heterocycles. The molecule has 0 radical (unpaired) electrons. The quantitative estimate of drug-likeness (QED) is 0.845. The zero-order valence-corrected chi connectivity index (χ0v) is 9.86. The molecule has 0 fully saturated rings. The summed E-state index contributed by atoms with van der Waals surface area (Å²) in [6.45, 7) is 3.14. The van der Waals surface area contributed by atoms with E-state index in [9.17, 15) is 9.90 Å². The van der Waals surface area contributed by atoms with Crippen molar-refractivity contribution in [1.82, 2.24) is 0 Å². The summed E-state index contributed by atoms with van der Waals surface area (Å²) in [6, 6.07) is 4.82. The second-order valence-electron chi connectivity index (χ2n) is 3.52. The van der Waals surface area contributed by atoms with E-state index < -0.39 is 18.1 Å². The number of amides is 1. The van der Waals surface area contributed by atoms with Crippen molar-refractivity contribution in [3.8, 4) is 5.75 Å². The van der Waals surface area contributed by atoms with Gasteiger partial charge in [-0.2, -0.15) is 0 Å². The van der Waals surface area contributed by atoms with E-state index in [0.717, 1.165) is 0 Å². The van der Waals surface area contributed by atoms with Crippen LogP contribution < -0.4 is 10.5 Å². The summed E-state index contributed by atoms with van der Waals surface area (Å²) in [4.78, 5) is 10.9. The van der Waals surface area contributed by atoms with E-state index in [1.165, 1.54) is 0 Å². The van der Waals surface area contributed by atoms with Crippen LogP contribution in [0.2, 0.25) is 5.02 Å². The first-order valence-electron chi connectivity index (χ1n) is 4.85. The van der Waals surface area contributed by atoms with Gasteiger partial charge in [-0.25, -0.2) is 0 Å². The number of aliphatic hydroxyl groups is 1. The minimum atomic E-state index is -0.751. The van der Waals surface area contributed by atoms with E-state index in [-0.39, 0.29) is 0 Å². The maximum absolute atomic E-state index is 10.9. The van der Waals surface area contributed by atoms with Gasteiger partial charge in [0.15, 0.2) is 6.10 Å². The van der Waals surface area contributed by atoms with Crippen molar-refractivity contribution in [2.75, 3.05) is 0 Å². The molecule has 1 aromatic rings. The number of ether oxygens (including phenoxy) is 1. The van der Waals surface area contributed by atoms with Crippen LogP contribution in [0.3, 0.4) is 0 Å². The van der Waals surface area contributed by atoms with Gasteiger partial charge in [-0.1, -0.05) is 11.6 Å². The minimum Gasteiger partial charge on any atom is -0.481 e. The third-order valence-electron chi connectivity index (χ3n) is 2.13. The van der Waals surface area contributed by atoms with E-state index in [1.54, 1.807) is 32.0 Å². The maximum Gasteiger partial charge on any atom is 0.258 e. The van der Waals surface area contributed by atoms with Crippen molar-refractivity contribution >= 4 is 17.5 Å². The van der Waals surface area contributed by atoms with Crippen LogP contribution in [-0.4, -0.2) is 17.1 Å². The number of hydrogen-bond acceptors (Lipinski definition) is 3. The molecule has 3 N–H and O–H groups in total. The lowest BCUT2D eigenvalue weighted by Gasteiger charge is -2.16. The van der Waals surface area contributed by atoms with Crippen molar-refractivity contribution in [2.45, 2.75) is 26.1 Å². The summed E-state index contributed by atoms with van der Waals surface area (Å²) in [5, 5.41) is 10.0. The highest BCUT2D eigenvalue weighted by molar-refractivity contribution is 6.30. The molecule has 5 heteroatoms. The molecule has 0 aromatic heterocycles. The topological polar surface area (TPSA) is 72.6 Å². The Morgan fingerprint density at radius 3 is 2.62 bits per heavy atom. The normalized spacial score (nSPS) is 14.2. The Bertz CT molecular complexity index is 393. The molecule has 0 aliphatic heterocycles. The van der Waals surface area contributed by atoms with Gasteiger partial charge in [0, 0.05) is 10.6 Å². The van der Waals surface area contributed by atoms with Gasteiger partial charge < -0.3 is 15.6 Å². The van der Waals surface area contributed by atoms with Crippen LogP contribution in [0.1, 0.15) is 25.5 Å². The zero-order valence-electron chi connectivity index (χ0n) is 9.11. The third kappa shape index (κ3) is 3.12. The number of carbonyl (C=O) groups is 1. The minimum absolute atomic E-state index is 0.408. The van der Waals surface area contributed by atoms with Gasteiger partial charge in [-0.3, -0.25) is 4.79 Å². The van der Waals surface area contributed by atoms with Gasteiger partial charge in [-0.05, 0) is 32.0 Å². The van der Waals surface area contributed by atoms with Crippen LogP contribution in [0.15, 0.2) is 18.2 Å². The molecular weight excluding hydrogens is 230 g/mol. The van der Waals surface area contributed by atoms with Crippen molar-refractivity contribution in [3.63, 3.8) is 0 Å². The number of hydrogen-bond donors (Lipinski definition) is 2. The lowest BCUT2D eigenvalue weighted by molar-refractivity contribution is -0.124. The predicted molar refractivity (Wildman–Crippen MR) is 61.4 cm³/mol. The first kappa shape index (κ1) is 12.8. The van der Waals surface area contributed by atoms with E-state index in [0.29, 0.717) is 16.3 Å². The fourth-order valence-corrected chi connectivity index (χ4v) is 1.38. The average Bonchev–Trinajstić information content (AvgIpc) is 2.20. The predicted octanol–water partition coefficient (Wildman–Crippen LogP) is 1.65. The van der Waals surface area contributed by atoms with E-state index in [2.05, 4.69) is 0 Å². The SMILES string of the molecule is CC(Oc1ccc(Cl)cc1[C@@H](C)O)C(N)=O. The van der Waals surface area contributed by atoms with Crippen molar-refractivity contribution in [2.24, 2.45) is 5.73 Å². The van der Waals surface area contributed by atoms with Crippen LogP contribution in [0.25, 0.3) is 0 Å². The van der Waals surface area contributed by atoms with E-state index in [1.807, 2.05) is 0 Å². The molecule has 16 heavy (non-hydrogen) atoms. The molecule has 88 valence electrons. The Kier molecular flexibility index (Phi) is 4.15. The standard InChI is InChI=1S/C11H14ClNO3/c1-6(14)9-5-8(12)3-4-10(9)16-7(2)11(13)15/h3-7,14H,1-2H3,(H2,13,15)/t6-,7?/m1/s1. The Hall–Kier alpha value is -1.26. The van der Waals surface area contributed by atoms with E-state index in [4.69, 9.17) is 22.1 Å². The van der Waals surface area contributed by atoms with Gasteiger partial charge in [-0.15, -0.1) is 0 Å². The Morgan fingerprint density at radius 2 is 2.12 bits per heavy atom. The summed E-state index contributed by atoms with van der Waals surface area (Å²) < 4.78 is 5.33. The summed E-state index contributed by atoms with van der Waals surface area (Å²) >= 11 is 5.80. The lowest BCUT2D eigenvalue weighted by atomic mass is 10.1. The Labute approximate surface area is 99.0 Å². The maximum atomic E-state index is 10.9. The smallest absolute Gasteiger partial charge is 0.258 e. The number of halogens is 1. The second kappa shape index (κ2) is 5.18. The molecule has 1 rings (SSSR count). The van der Waals surface area contributed by atoms with Crippen LogP contribution in [0.5, 0.6) is 5.75 Å². The van der Waals surface area contributed by atoms with Crippen LogP contribution >= 0.6 is 11.6 Å². The number of benzene rings is 1. The fraction of sp³-hybridized carbons (Fsp3) is 0.364. The first-order chi connectivity index (χ1) is 7.41. The first-order valence-corrected chi connectivity index (χ1v) is 5.23. The third-order valence-corrected chi connectivity index (χ3v) is 2.36. The Balaban J connectivity index is 2.99. The average molecular weight is 244 g/mol. The fourth-order valence-electron chi connectivity index (χ4n) is 1.20. The number of aliphatic hydroxyl groups excluding tert-OH is 1. The van der Waals surface area contributed by atoms with Gasteiger partial charge in [0.2, 0.25) is 0 Å². The largest absolute Gasteiger partial charge is 0.481 e. The molecule has 0 aliphatic carbocycles. The molecule has 2 atom stereocenters. The van der Waals surface area contributed by atoms with Crippen molar-refractivity contribution in [1.29, 1.82) is 0 Å². The molecular formula is C11H14ClNO3. The molecule has 0 bridgehead atoms. The van der Waals surface area contributed by atoms with Gasteiger partial charge in [0.1, 0.15) is 5.75 Å². The van der Waals surface area contributed by atoms with Crippen molar-refractivity contribution < 1.29 is 14.6 Å². The summed E-state index contributed by atoms with van der Waals surface area (Å²) in [5.41, 5.74) is 5.62. The Morgan fingerprint density at radius 1 is 1.50 bits per heavy atom. The molecule has 1 aromatic carbocycles. The van der Waals surface area contributed by atoms with Crippen LogP contribution in [-0.2, 0) is 4.79 Å². The summed E-state index contributed by atoms with van der Waals surface area (Å²) in [7, 11) is 0. The molecule has 1 unspecified atom stereocenters. The van der Waals surface area contributed by atoms with Gasteiger partial charge in [0.05, 0.1) is 6.10 Å². The highest BCUT2D eigenvalue weighted by Crippen LogP contribution is 2.28. The van der Waals surface area contributed by atoms with Crippen molar-refractivity contribution in [3.05, 3.63) is 28.8 Å². The lowest BCUT2D eigenvalue weighted by Crippen LogP contribution is -2.31. The molecule has 0 saturated carbocycles. The molecule has 1 amide bonds. The number of nitrogens with two attached hydrogens (primary N) is 1. The second-order valence-corrected chi connectivity index (χ2v) is 3.96. The monoisotopic (exact) mass is 243 g/mol. The van der Waals surface area contributed by atoms with Crippen LogP contribution in [0, 0.1) is 0 Å². The molecule has 0 aliphatic rings. The number of primary amides is 1. The molecule has 0 heterocycles. The van der Waals surface area contributed by atoms with Gasteiger partial charge in [0.25, 0.3) is 5.91 Å². The number of rotatable bonds is 4. The van der Waals surface area contributed by atoms with E-state index >= 15 is 0 Å². The van der Waals surface area contributed by atoms with Crippen LogP contribution in [0.4, 0.5) is 0 Å². The summed E-state index contributed by atoms with van der Waals surface area (Å²) in [6.07, 6.45) is -1.48. The molecule has 0 spiro atoms. The molecule has 4 nitrogen and oxygen atoms in total. The highest BCUT2D eigenvalue weighted by atomic mass is 35.5.